The average Bonchev–Trinajstić information content (AvgIpc) is 3.18. The van der Waals surface area contributed by atoms with Crippen LogP contribution in [0, 0.1) is 13.8 Å². The highest BCUT2D eigenvalue weighted by Crippen LogP contribution is 2.23. The summed E-state index contributed by atoms with van der Waals surface area (Å²) in [5, 5.41) is 6.67. The maximum absolute atomic E-state index is 5.32. The molecule has 0 amide bonds. The maximum Gasteiger partial charge on any atom is 0.206 e. The number of aryl methyl sites for hydroxylation is 2. The lowest BCUT2D eigenvalue weighted by molar-refractivity contribution is 0.559. The SMILES string of the molecule is CCN=c1scc(-c2ccc(C)c(C)c2)n1N=Cc1ccco1. The molecule has 3 rings (SSSR count). The second-order valence-electron chi connectivity index (χ2n) is 5.25. The van der Waals surface area contributed by atoms with Gasteiger partial charge >= 0.3 is 0 Å². The van der Waals surface area contributed by atoms with E-state index in [2.05, 4.69) is 47.5 Å². The Labute approximate surface area is 139 Å². The minimum Gasteiger partial charge on any atom is -0.463 e. The van der Waals surface area contributed by atoms with Gasteiger partial charge < -0.3 is 4.42 Å². The van der Waals surface area contributed by atoms with Crippen molar-refractivity contribution in [3.63, 3.8) is 0 Å². The van der Waals surface area contributed by atoms with E-state index < -0.39 is 0 Å². The Balaban J connectivity index is 2.10. The molecule has 4 nitrogen and oxygen atoms in total. The van der Waals surface area contributed by atoms with E-state index in [9.17, 15) is 0 Å². The first-order valence-corrected chi connectivity index (χ1v) is 8.43. The molecule has 3 aromatic rings. The monoisotopic (exact) mass is 325 g/mol. The van der Waals surface area contributed by atoms with Crippen LogP contribution in [0.25, 0.3) is 11.3 Å². The van der Waals surface area contributed by atoms with E-state index in [-0.39, 0.29) is 0 Å². The van der Waals surface area contributed by atoms with Crippen molar-refractivity contribution < 1.29 is 4.42 Å². The first kappa shape index (κ1) is 15.5. The third kappa shape index (κ3) is 3.35. The molecule has 23 heavy (non-hydrogen) atoms. The van der Waals surface area contributed by atoms with Crippen LogP contribution in [0.1, 0.15) is 23.8 Å². The number of nitrogens with zero attached hydrogens (tertiary/aromatic N) is 3. The fraction of sp³-hybridized carbons (Fsp3) is 0.222. The van der Waals surface area contributed by atoms with E-state index in [1.165, 1.54) is 11.1 Å². The maximum atomic E-state index is 5.32. The van der Waals surface area contributed by atoms with Crippen molar-refractivity contribution >= 4 is 17.6 Å². The topological polar surface area (TPSA) is 42.8 Å². The lowest BCUT2D eigenvalue weighted by atomic mass is 10.1. The molecule has 0 spiro atoms. The number of hydrogen-bond acceptors (Lipinski definition) is 4. The molecule has 0 atom stereocenters. The summed E-state index contributed by atoms with van der Waals surface area (Å²) in [5.74, 6) is 0.720. The number of benzene rings is 1. The van der Waals surface area contributed by atoms with Crippen LogP contribution in [-0.4, -0.2) is 17.4 Å². The summed E-state index contributed by atoms with van der Waals surface area (Å²) >= 11 is 1.59. The van der Waals surface area contributed by atoms with Crippen molar-refractivity contribution in [1.82, 2.24) is 4.68 Å². The fourth-order valence-corrected chi connectivity index (χ4v) is 3.13. The van der Waals surface area contributed by atoms with Gasteiger partial charge in [-0.25, -0.2) is 4.68 Å². The van der Waals surface area contributed by atoms with Crippen molar-refractivity contribution in [2.75, 3.05) is 6.54 Å². The lowest BCUT2D eigenvalue weighted by Gasteiger charge is -2.06. The highest BCUT2D eigenvalue weighted by atomic mass is 32.1. The van der Waals surface area contributed by atoms with Crippen LogP contribution in [0.2, 0.25) is 0 Å². The van der Waals surface area contributed by atoms with Gasteiger partial charge in [0.25, 0.3) is 0 Å². The molecule has 0 aliphatic carbocycles. The van der Waals surface area contributed by atoms with Crippen LogP contribution >= 0.6 is 11.3 Å². The molecule has 2 aromatic heterocycles. The van der Waals surface area contributed by atoms with E-state index in [1.807, 2.05) is 23.7 Å². The molecule has 118 valence electrons. The van der Waals surface area contributed by atoms with Gasteiger partial charge in [0.2, 0.25) is 4.80 Å². The van der Waals surface area contributed by atoms with Gasteiger partial charge in [0, 0.05) is 17.5 Å². The van der Waals surface area contributed by atoms with Gasteiger partial charge in [-0.3, -0.25) is 4.99 Å². The first-order valence-electron chi connectivity index (χ1n) is 7.55. The van der Waals surface area contributed by atoms with Crippen molar-refractivity contribution in [1.29, 1.82) is 0 Å². The molecule has 0 unspecified atom stereocenters. The molecular weight excluding hydrogens is 306 g/mol. The minimum absolute atomic E-state index is 0.720. The molecule has 0 aliphatic rings. The summed E-state index contributed by atoms with van der Waals surface area (Å²) in [5.41, 5.74) is 4.73. The van der Waals surface area contributed by atoms with Crippen molar-refractivity contribution in [3.05, 3.63) is 63.7 Å². The molecule has 0 aliphatic heterocycles. The van der Waals surface area contributed by atoms with Gasteiger partial charge in [-0.1, -0.05) is 12.1 Å². The largest absolute Gasteiger partial charge is 0.463 e. The van der Waals surface area contributed by atoms with Crippen LogP contribution in [0.15, 0.2) is 56.5 Å². The van der Waals surface area contributed by atoms with Gasteiger partial charge in [-0.2, -0.15) is 5.10 Å². The molecular formula is C18H19N3OS. The molecule has 5 heteroatoms. The van der Waals surface area contributed by atoms with Crippen LogP contribution in [-0.2, 0) is 0 Å². The lowest BCUT2D eigenvalue weighted by Crippen LogP contribution is -2.12. The van der Waals surface area contributed by atoms with Crippen molar-refractivity contribution in [3.8, 4) is 11.3 Å². The smallest absolute Gasteiger partial charge is 0.206 e. The standard InChI is InChI=1S/C18H19N3OS/c1-4-19-18-21(20-11-16-6-5-9-22-16)17(12-23-18)15-8-7-13(2)14(3)10-15/h5-12H,4H2,1-3H3. The zero-order valence-electron chi connectivity index (χ0n) is 13.5. The summed E-state index contributed by atoms with van der Waals surface area (Å²) in [6.07, 6.45) is 3.35. The van der Waals surface area contributed by atoms with Gasteiger partial charge in [0.1, 0.15) is 5.76 Å². The summed E-state index contributed by atoms with van der Waals surface area (Å²) in [7, 11) is 0. The van der Waals surface area contributed by atoms with E-state index >= 15 is 0 Å². The fourth-order valence-electron chi connectivity index (χ4n) is 2.23. The van der Waals surface area contributed by atoms with Gasteiger partial charge in [0.05, 0.1) is 18.2 Å². The number of hydrogen-bond donors (Lipinski definition) is 0. The van der Waals surface area contributed by atoms with Crippen molar-refractivity contribution in [2.24, 2.45) is 10.1 Å². The minimum atomic E-state index is 0.720. The summed E-state index contributed by atoms with van der Waals surface area (Å²) < 4.78 is 7.20. The summed E-state index contributed by atoms with van der Waals surface area (Å²) in [6, 6.07) is 10.2. The van der Waals surface area contributed by atoms with E-state index in [4.69, 9.17) is 4.42 Å². The molecule has 0 radical (unpaired) electrons. The summed E-state index contributed by atoms with van der Waals surface area (Å²) in [6.45, 7) is 6.99. The quantitative estimate of drug-likeness (QED) is 0.662. The highest BCUT2D eigenvalue weighted by Gasteiger charge is 2.08. The van der Waals surface area contributed by atoms with Gasteiger partial charge in [-0.15, -0.1) is 11.3 Å². The molecule has 0 fully saturated rings. The van der Waals surface area contributed by atoms with Gasteiger partial charge in [0.15, 0.2) is 0 Å². The first-order chi connectivity index (χ1) is 11.2. The highest BCUT2D eigenvalue weighted by molar-refractivity contribution is 7.07. The Kier molecular flexibility index (Phi) is 4.57. The van der Waals surface area contributed by atoms with Gasteiger partial charge in [-0.05, 0) is 50.1 Å². The molecule has 2 heterocycles. The third-order valence-electron chi connectivity index (χ3n) is 3.63. The molecule has 1 aromatic carbocycles. The van der Waals surface area contributed by atoms with E-state index in [1.54, 1.807) is 23.8 Å². The Morgan fingerprint density at radius 1 is 1.22 bits per heavy atom. The van der Waals surface area contributed by atoms with E-state index in [0.29, 0.717) is 0 Å². The molecule has 0 saturated heterocycles. The zero-order valence-corrected chi connectivity index (χ0v) is 14.3. The predicted molar refractivity (Wildman–Crippen MR) is 95.0 cm³/mol. The Morgan fingerprint density at radius 3 is 2.78 bits per heavy atom. The zero-order chi connectivity index (χ0) is 16.2. The number of aromatic nitrogens is 1. The average molecular weight is 325 g/mol. The summed E-state index contributed by atoms with van der Waals surface area (Å²) in [4.78, 5) is 5.41. The van der Waals surface area contributed by atoms with Crippen LogP contribution in [0.4, 0.5) is 0 Å². The van der Waals surface area contributed by atoms with Crippen LogP contribution in [0.3, 0.4) is 0 Å². The number of thiazole rings is 1. The second kappa shape index (κ2) is 6.79. The molecule has 0 saturated carbocycles. The third-order valence-corrected chi connectivity index (χ3v) is 4.48. The van der Waals surface area contributed by atoms with Crippen LogP contribution in [0.5, 0.6) is 0 Å². The Bertz CT molecular complexity index is 885. The predicted octanol–water partition coefficient (Wildman–Crippen LogP) is 4.23. The Hall–Kier alpha value is -2.40. The van der Waals surface area contributed by atoms with Crippen molar-refractivity contribution in [2.45, 2.75) is 20.8 Å². The van der Waals surface area contributed by atoms with Crippen LogP contribution < -0.4 is 4.80 Å². The molecule has 0 N–H and O–H groups in total. The second-order valence-corrected chi connectivity index (χ2v) is 6.09. The normalized spacial score (nSPS) is 12.4. The Morgan fingerprint density at radius 2 is 2.09 bits per heavy atom. The number of furan rings is 1. The van der Waals surface area contributed by atoms with E-state index in [0.717, 1.165) is 28.4 Å². The number of rotatable bonds is 4. The molecule has 0 bridgehead atoms.